The van der Waals surface area contributed by atoms with Gasteiger partial charge in [0.2, 0.25) is 15.9 Å². The molecule has 9 heteroatoms. The number of aromatic carboxylic acids is 1. The lowest BCUT2D eigenvalue weighted by atomic mass is 10.2. The minimum atomic E-state index is -3.92. The number of primary amides is 1. The molecule has 1 aromatic carbocycles. The van der Waals surface area contributed by atoms with E-state index in [9.17, 15) is 18.0 Å². The summed E-state index contributed by atoms with van der Waals surface area (Å²) in [4.78, 5) is 21.2. The second kappa shape index (κ2) is 6.35. The molecule has 0 heterocycles. The number of methoxy groups -OCH3 is 1. The lowest BCUT2D eigenvalue weighted by molar-refractivity contribution is -0.117. The Hall–Kier alpha value is -2.13. The molecule has 1 aromatic rings. The van der Waals surface area contributed by atoms with Crippen molar-refractivity contribution in [3.63, 3.8) is 0 Å². The first kappa shape index (κ1) is 15.9. The van der Waals surface area contributed by atoms with E-state index in [1.807, 2.05) is 0 Å². The van der Waals surface area contributed by atoms with Gasteiger partial charge in [-0.25, -0.2) is 17.9 Å². The molecule has 0 fully saturated rings. The van der Waals surface area contributed by atoms with Crippen LogP contribution < -0.4 is 15.2 Å². The van der Waals surface area contributed by atoms with Crippen LogP contribution in [0, 0.1) is 0 Å². The second-order valence-corrected chi connectivity index (χ2v) is 5.52. The molecule has 0 aromatic heterocycles. The molecule has 4 N–H and O–H groups in total. The number of hydrogen-bond donors (Lipinski definition) is 3. The predicted molar refractivity (Wildman–Crippen MR) is 69.0 cm³/mol. The first-order valence-electron chi connectivity index (χ1n) is 5.47. The topological polar surface area (TPSA) is 136 Å². The zero-order valence-corrected chi connectivity index (χ0v) is 11.4. The van der Waals surface area contributed by atoms with E-state index < -0.39 is 21.9 Å². The number of hydrogen-bond acceptors (Lipinski definition) is 5. The van der Waals surface area contributed by atoms with Crippen molar-refractivity contribution < 1.29 is 27.9 Å². The molecule has 0 saturated carbocycles. The minimum absolute atomic E-state index is 0.0991. The highest BCUT2D eigenvalue weighted by atomic mass is 32.2. The van der Waals surface area contributed by atoms with Crippen molar-refractivity contribution in [2.75, 3.05) is 13.7 Å². The SMILES string of the molecule is COc1cc(C(=O)O)ccc1S(=O)(=O)NCCC(N)=O. The number of carbonyl (C=O) groups is 2. The summed E-state index contributed by atoms with van der Waals surface area (Å²) in [6.45, 7) is -0.151. The fourth-order valence-electron chi connectivity index (χ4n) is 1.41. The Morgan fingerprint density at radius 3 is 2.55 bits per heavy atom. The van der Waals surface area contributed by atoms with Crippen LogP contribution in [0.1, 0.15) is 16.8 Å². The fourth-order valence-corrected chi connectivity index (χ4v) is 2.59. The van der Waals surface area contributed by atoms with Crippen LogP contribution in [0.3, 0.4) is 0 Å². The third kappa shape index (κ3) is 3.93. The lowest BCUT2D eigenvalue weighted by Gasteiger charge is -2.10. The van der Waals surface area contributed by atoms with Crippen LogP contribution in [-0.4, -0.2) is 39.1 Å². The van der Waals surface area contributed by atoms with Crippen LogP contribution in [0.5, 0.6) is 5.75 Å². The number of carboxylic acids is 1. The third-order valence-electron chi connectivity index (χ3n) is 2.36. The summed E-state index contributed by atoms with van der Waals surface area (Å²) in [7, 11) is -2.69. The Morgan fingerprint density at radius 1 is 1.40 bits per heavy atom. The smallest absolute Gasteiger partial charge is 0.335 e. The van der Waals surface area contributed by atoms with E-state index in [1.54, 1.807) is 0 Å². The van der Waals surface area contributed by atoms with E-state index in [4.69, 9.17) is 15.6 Å². The van der Waals surface area contributed by atoms with Crippen molar-refractivity contribution in [1.82, 2.24) is 4.72 Å². The average Bonchev–Trinajstić information content (AvgIpc) is 2.37. The lowest BCUT2D eigenvalue weighted by Crippen LogP contribution is -2.28. The minimum Gasteiger partial charge on any atom is -0.495 e. The van der Waals surface area contributed by atoms with Crippen LogP contribution in [-0.2, 0) is 14.8 Å². The molecule has 0 aliphatic carbocycles. The Morgan fingerprint density at radius 2 is 2.05 bits per heavy atom. The van der Waals surface area contributed by atoms with Crippen LogP contribution >= 0.6 is 0 Å². The van der Waals surface area contributed by atoms with Crippen molar-refractivity contribution in [2.24, 2.45) is 5.73 Å². The number of benzene rings is 1. The van der Waals surface area contributed by atoms with E-state index >= 15 is 0 Å². The van der Waals surface area contributed by atoms with Crippen molar-refractivity contribution in [3.8, 4) is 5.75 Å². The summed E-state index contributed by atoms with van der Waals surface area (Å²) in [5.74, 6) is -1.94. The van der Waals surface area contributed by atoms with Gasteiger partial charge in [0, 0.05) is 13.0 Å². The Bertz CT molecular complexity index is 626. The van der Waals surface area contributed by atoms with Gasteiger partial charge in [-0.1, -0.05) is 0 Å². The van der Waals surface area contributed by atoms with E-state index in [0.717, 1.165) is 18.2 Å². The number of rotatable bonds is 7. The fraction of sp³-hybridized carbons (Fsp3) is 0.273. The summed E-state index contributed by atoms with van der Waals surface area (Å²) in [6, 6.07) is 3.37. The standard InChI is InChI=1S/C11H14N2O6S/c1-19-8-6-7(11(15)16)2-3-9(8)20(17,18)13-5-4-10(12)14/h2-3,6,13H,4-5H2,1H3,(H2,12,14)(H,15,16). The molecule has 0 atom stereocenters. The number of nitrogens with one attached hydrogen (secondary N) is 1. The molecular formula is C11H14N2O6S. The molecule has 20 heavy (non-hydrogen) atoms. The quantitative estimate of drug-likeness (QED) is 0.624. The molecule has 1 rings (SSSR count). The maximum Gasteiger partial charge on any atom is 0.335 e. The highest BCUT2D eigenvalue weighted by molar-refractivity contribution is 7.89. The van der Waals surface area contributed by atoms with E-state index in [2.05, 4.69) is 4.72 Å². The van der Waals surface area contributed by atoms with Gasteiger partial charge < -0.3 is 15.6 Å². The van der Waals surface area contributed by atoms with Crippen LogP contribution in [0.2, 0.25) is 0 Å². The summed E-state index contributed by atoms with van der Waals surface area (Å²) in [6.07, 6.45) is -0.144. The van der Waals surface area contributed by atoms with Gasteiger partial charge in [0.25, 0.3) is 0 Å². The largest absolute Gasteiger partial charge is 0.495 e. The predicted octanol–water partition coefficient (Wildman–Crippen LogP) is -0.453. The van der Waals surface area contributed by atoms with E-state index in [1.165, 1.54) is 7.11 Å². The van der Waals surface area contributed by atoms with Gasteiger partial charge in [0.05, 0.1) is 12.7 Å². The third-order valence-corrected chi connectivity index (χ3v) is 3.86. The molecule has 8 nitrogen and oxygen atoms in total. The average molecular weight is 302 g/mol. The van der Waals surface area contributed by atoms with Crippen LogP contribution in [0.25, 0.3) is 0 Å². The first-order chi connectivity index (χ1) is 9.27. The van der Waals surface area contributed by atoms with Gasteiger partial charge in [-0.3, -0.25) is 4.79 Å². The highest BCUT2D eigenvalue weighted by Gasteiger charge is 2.20. The van der Waals surface area contributed by atoms with Gasteiger partial charge in [0.1, 0.15) is 10.6 Å². The number of sulfonamides is 1. The zero-order valence-electron chi connectivity index (χ0n) is 10.6. The molecule has 0 radical (unpaired) electrons. The summed E-state index contributed by atoms with van der Waals surface area (Å²) in [5, 5.41) is 8.83. The van der Waals surface area contributed by atoms with Gasteiger partial charge in [-0.05, 0) is 18.2 Å². The molecule has 1 amide bonds. The summed E-state index contributed by atoms with van der Waals surface area (Å²) in [5.41, 5.74) is 4.81. The Labute approximate surface area is 115 Å². The van der Waals surface area contributed by atoms with E-state index in [0.29, 0.717) is 0 Å². The normalized spacial score (nSPS) is 11.1. The Kier molecular flexibility index (Phi) is 5.06. The summed E-state index contributed by atoms with van der Waals surface area (Å²) < 4.78 is 31.0. The highest BCUT2D eigenvalue weighted by Crippen LogP contribution is 2.24. The molecule has 0 bridgehead atoms. The summed E-state index contributed by atoms with van der Waals surface area (Å²) >= 11 is 0. The van der Waals surface area contributed by atoms with Crippen LogP contribution in [0.15, 0.2) is 23.1 Å². The zero-order chi connectivity index (χ0) is 15.3. The number of nitrogens with two attached hydrogens (primary N) is 1. The van der Waals surface area contributed by atoms with Crippen molar-refractivity contribution >= 4 is 21.9 Å². The molecule has 0 spiro atoms. The monoisotopic (exact) mass is 302 g/mol. The van der Waals surface area contributed by atoms with Crippen molar-refractivity contribution in [2.45, 2.75) is 11.3 Å². The molecule has 110 valence electrons. The maximum absolute atomic E-state index is 12.0. The molecule has 0 saturated heterocycles. The van der Waals surface area contributed by atoms with Gasteiger partial charge in [-0.2, -0.15) is 0 Å². The van der Waals surface area contributed by atoms with Gasteiger partial charge >= 0.3 is 5.97 Å². The molecule has 0 unspecified atom stereocenters. The first-order valence-corrected chi connectivity index (χ1v) is 6.95. The van der Waals surface area contributed by atoms with Gasteiger partial charge in [0.15, 0.2) is 0 Å². The number of carbonyl (C=O) groups excluding carboxylic acids is 1. The van der Waals surface area contributed by atoms with E-state index in [-0.39, 0.29) is 29.2 Å². The molecule has 0 aliphatic rings. The Balaban J connectivity index is 3.05. The van der Waals surface area contributed by atoms with Crippen molar-refractivity contribution in [1.29, 1.82) is 0 Å². The second-order valence-electron chi connectivity index (χ2n) is 3.78. The van der Waals surface area contributed by atoms with Crippen LogP contribution in [0.4, 0.5) is 0 Å². The maximum atomic E-state index is 12.0. The number of carboxylic acid groups (broad SMARTS) is 1. The van der Waals surface area contributed by atoms with Crippen molar-refractivity contribution in [3.05, 3.63) is 23.8 Å². The molecular weight excluding hydrogens is 288 g/mol. The molecule has 0 aliphatic heterocycles. The number of amides is 1. The van der Waals surface area contributed by atoms with Gasteiger partial charge in [-0.15, -0.1) is 0 Å². The number of ether oxygens (including phenoxy) is 1.